The number of ether oxygens (including phenoxy) is 2. The van der Waals surface area contributed by atoms with Gasteiger partial charge in [0.05, 0.1) is 19.8 Å². The van der Waals surface area contributed by atoms with Gasteiger partial charge in [-0.2, -0.15) is 0 Å². The molecule has 0 aromatic carbocycles. The van der Waals surface area contributed by atoms with Gasteiger partial charge in [-0.05, 0) is 18.4 Å². The highest BCUT2D eigenvalue weighted by Crippen LogP contribution is 2.11. The summed E-state index contributed by atoms with van der Waals surface area (Å²) < 4.78 is 10.0. The highest BCUT2D eigenvalue weighted by Gasteiger charge is 2.05. The molecule has 1 saturated heterocycles. The van der Waals surface area contributed by atoms with Crippen molar-refractivity contribution in [1.82, 2.24) is 10.6 Å². The molecule has 2 amide bonds. The molecular formula is C10H18N2O3. The van der Waals surface area contributed by atoms with Crippen molar-refractivity contribution >= 4 is 6.03 Å². The molecule has 0 spiro atoms. The third kappa shape index (κ3) is 5.39. The molecule has 2 N–H and O–H groups in total. The number of carbonyl (C=O) groups excluding carboxylic acids is 1. The van der Waals surface area contributed by atoms with E-state index in [4.69, 9.17) is 9.47 Å². The summed E-state index contributed by atoms with van der Waals surface area (Å²) in [7, 11) is 1.60. The van der Waals surface area contributed by atoms with Crippen molar-refractivity contribution in [3.05, 3.63) is 11.8 Å². The van der Waals surface area contributed by atoms with Crippen LogP contribution in [0.2, 0.25) is 0 Å². The van der Waals surface area contributed by atoms with Gasteiger partial charge in [-0.1, -0.05) is 0 Å². The molecule has 0 saturated carbocycles. The van der Waals surface area contributed by atoms with Gasteiger partial charge < -0.3 is 20.1 Å². The van der Waals surface area contributed by atoms with Gasteiger partial charge in [-0.3, -0.25) is 0 Å². The van der Waals surface area contributed by atoms with Gasteiger partial charge in [0.15, 0.2) is 0 Å². The third-order valence-corrected chi connectivity index (χ3v) is 2.13. The standard InChI is InChI=1S/C10H18N2O3/c1-14-7-4-11-10(13)12-8-9-2-5-15-6-3-9/h8H,2-7H2,1H3,(H2,11,12,13). The van der Waals surface area contributed by atoms with Gasteiger partial charge in [0.25, 0.3) is 0 Å². The average molecular weight is 214 g/mol. The molecule has 15 heavy (non-hydrogen) atoms. The fourth-order valence-corrected chi connectivity index (χ4v) is 1.26. The number of urea groups is 1. The summed E-state index contributed by atoms with van der Waals surface area (Å²) in [6.45, 7) is 2.55. The molecule has 5 nitrogen and oxygen atoms in total. The van der Waals surface area contributed by atoms with Crippen LogP contribution in [0, 0.1) is 0 Å². The number of rotatable bonds is 4. The van der Waals surface area contributed by atoms with Crippen LogP contribution in [0.5, 0.6) is 0 Å². The quantitative estimate of drug-likeness (QED) is 0.675. The van der Waals surface area contributed by atoms with Crippen LogP contribution in [0.4, 0.5) is 4.79 Å². The van der Waals surface area contributed by atoms with E-state index < -0.39 is 0 Å². The Bertz CT molecular complexity index is 221. The van der Waals surface area contributed by atoms with E-state index >= 15 is 0 Å². The minimum Gasteiger partial charge on any atom is -0.383 e. The van der Waals surface area contributed by atoms with E-state index in [1.165, 1.54) is 5.57 Å². The molecule has 0 aliphatic carbocycles. The minimum atomic E-state index is -0.189. The molecule has 0 aromatic heterocycles. The SMILES string of the molecule is COCCNC(=O)NC=C1CCOCC1. The highest BCUT2D eigenvalue weighted by atomic mass is 16.5. The Morgan fingerprint density at radius 2 is 2.27 bits per heavy atom. The zero-order valence-corrected chi connectivity index (χ0v) is 9.04. The number of hydrogen-bond acceptors (Lipinski definition) is 3. The van der Waals surface area contributed by atoms with Gasteiger partial charge in [0.1, 0.15) is 0 Å². The minimum absolute atomic E-state index is 0.189. The van der Waals surface area contributed by atoms with E-state index in [1.54, 1.807) is 13.3 Å². The lowest BCUT2D eigenvalue weighted by Crippen LogP contribution is -2.34. The molecule has 0 atom stereocenters. The molecule has 1 fully saturated rings. The fraction of sp³-hybridized carbons (Fsp3) is 0.700. The van der Waals surface area contributed by atoms with Gasteiger partial charge in [0, 0.05) is 19.9 Å². The van der Waals surface area contributed by atoms with Crippen molar-refractivity contribution < 1.29 is 14.3 Å². The first-order valence-electron chi connectivity index (χ1n) is 5.12. The summed E-state index contributed by atoms with van der Waals surface area (Å²) in [6, 6.07) is -0.189. The fourth-order valence-electron chi connectivity index (χ4n) is 1.26. The first kappa shape index (κ1) is 12.0. The van der Waals surface area contributed by atoms with Crippen LogP contribution in [0.1, 0.15) is 12.8 Å². The summed E-state index contributed by atoms with van der Waals surface area (Å²) in [6.07, 6.45) is 3.57. The topological polar surface area (TPSA) is 59.6 Å². The van der Waals surface area contributed by atoms with Crippen LogP contribution in [-0.2, 0) is 9.47 Å². The molecule has 0 unspecified atom stereocenters. The first-order chi connectivity index (χ1) is 7.33. The van der Waals surface area contributed by atoms with Crippen LogP contribution in [-0.4, -0.2) is 39.5 Å². The molecule has 1 aliphatic rings. The van der Waals surface area contributed by atoms with E-state index in [9.17, 15) is 4.79 Å². The van der Waals surface area contributed by atoms with E-state index in [2.05, 4.69) is 10.6 Å². The van der Waals surface area contributed by atoms with Crippen molar-refractivity contribution in [1.29, 1.82) is 0 Å². The maximum atomic E-state index is 11.2. The highest BCUT2D eigenvalue weighted by molar-refractivity contribution is 5.74. The zero-order valence-electron chi connectivity index (χ0n) is 9.04. The van der Waals surface area contributed by atoms with Crippen LogP contribution in [0.3, 0.4) is 0 Å². The second-order valence-electron chi connectivity index (χ2n) is 3.31. The van der Waals surface area contributed by atoms with Crippen LogP contribution in [0.15, 0.2) is 11.8 Å². The average Bonchev–Trinajstić information content (AvgIpc) is 2.28. The van der Waals surface area contributed by atoms with Crippen LogP contribution >= 0.6 is 0 Å². The predicted octanol–water partition coefficient (Wildman–Crippen LogP) is 0.626. The lowest BCUT2D eigenvalue weighted by atomic mass is 10.1. The van der Waals surface area contributed by atoms with Crippen molar-refractivity contribution in [3.8, 4) is 0 Å². The lowest BCUT2D eigenvalue weighted by Gasteiger charge is -2.14. The van der Waals surface area contributed by atoms with Gasteiger partial charge in [0.2, 0.25) is 0 Å². The Balaban J connectivity index is 2.14. The number of carbonyl (C=O) groups is 1. The second kappa shape index (κ2) is 7.25. The molecule has 1 heterocycles. The maximum absolute atomic E-state index is 11.2. The van der Waals surface area contributed by atoms with E-state index in [0.29, 0.717) is 13.2 Å². The number of nitrogens with one attached hydrogen (secondary N) is 2. The van der Waals surface area contributed by atoms with Gasteiger partial charge >= 0.3 is 6.03 Å². The summed E-state index contributed by atoms with van der Waals surface area (Å²) in [5.41, 5.74) is 1.23. The first-order valence-corrected chi connectivity index (χ1v) is 5.12. The number of amides is 2. The Morgan fingerprint density at radius 1 is 1.53 bits per heavy atom. The summed E-state index contributed by atoms with van der Waals surface area (Å²) >= 11 is 0. The summed E-state index contributed by atoms with van der Waals surface area (Å²) in [5.74, 6) is 0. The smallest absolute Gasteiger partial charge is 0.318 e. The van der Waals surface area contributed by atoms with E-state index in [1.807, 2.05) is 0 Å². The number of hydrogen-bond donors (Lipinski definition) is 2. The third-order valence-electron chi connectivity index (χ3n) is 2.13. The Morgan fingerprint density at radius 3 is 2.93 bits per heavy atom. The zero-order chi connectivity index (χ0) is 10.9. The van der Waals surface area contributed by atoms with Crippen LogP contribution < -0.4 is 10.6 Å². The van der Waals surface area contributed by atoms with Gasteiger partial charge in [-0.25, -0.2) is 4.79 Å². The monoisotopic (exact) mass is 214 g/mol. The Kier molecular flexibility index (Phi) is 5.80. The van der Waals surface area contributed by atoms with Crippen molar-refractivity contribution in [2.24, 2.45) is 0 Å². The maximum Gasteiger partial charge on any atom is 0.318 e. The molecule has 0 aromatic rings. The van der Waals surface area contributed by atoms with Crippen molar-refractivity contribution in [2.75, 3.05) is 33.5 Å². The largest absolute Gasteiger partial charge is 0.383 e. The molecule has 0 radical (unpaired) electrons. The molecule has 86 valence electrons. The molecular weight excluding hydrogens is 196 g/mol. The van der Waals surface area contributed by atoms with E-state index in [-0.39, 0.29) is 6.03 Å². The van der Waals surface area contributed by atoms with Crippen molar-refractivity contribution in [2.45, 2.75) is 12.8 Å². The van der Waals surface area contributed by atoms with E-state index in [0.717, 1.165) is 26.1 Å². The molecule has 1 rings (SSSR count). The summed E-state index contributed by atoms with van der Waals surface area (Å²) in [5, 5.41) is 5.36. The lowest BCUT2D eigenvalue weighted by molar-refractivity contribution is 0.119. The molecule has 5 heteroatoms. The Labute approximate surface area is 89.8 Å². The van der Waals surface area contributed by atoms with Crippen LogP contribution in [0.25, 0.3) is 0 Å². The van der Waals surface area contributed by atoms with Crippen molar-refractivity contribution in [3.63, 3.8) is 0 Å². The Hall–Kier alpha value is -1.07. The second-order valence-corrected chi connectivity index (χ2v) is 3.31. The molecule has 0 bridgehead atoms. The number of methoxy groups -OCH3 is 1. The normalized spacial score (nSPS) is 15.9. The van der Waals surface area contributed by atoms with Gasteiger partial charge in [-0.15, -0.1) is 0 Å². The molecule has 1 aliphatic heterocycles. The summed E-state index contributed by atoms with van der Waals surface area (Å²) in [4.78, 5) is 11.2. The predicted molar refractivity (Wildman–Crippen MR) is 56.5 cm³/mol.